The summed E-state index contributed by atoms with van der Waals surface area (Å²) >= 11 is -2.31. The summed E-state index contributed by atoms with van der Waals surface area (Å²) in [7, 11) is 0. The van der Waals surface area contributed by atoms with E-state index in [0.717, 1.165) is 18.3 Å². The van der Waals surface area contributed by atoms with E-state index in [1.54, 1.807) is 0 Å². The van der Waals surface area contributed by atoms with Crippen LogP contribution < -0.4 is 5.32 Å². The molecule has 0 aromatic rings. The molecule has 32 heavy (non-hydrogen) atoms. The molecule has 0 bridgehead atoms. The number of unbranched alkanes of at least 4 members (excludes halogenated alkanes) is 3. The number of alkyl carbamates (subject to hydrolysis) is 1. The molecule has 1 amide bonds. The van der Waals surface area contributed by atoms with E-state index in [2.05, 4.69) is 36.3 Å². The number of amides is 1. The van der Waals surface area contributed by atoms with Crippen LogP contribution in [0.25, 0.3) is 0 Å². The Hall–Kier alpha value is -0.191. The van der Waals surface area contributed by atoms with Gasteiger partial charge in [-0.3, -0.25) is 0 Å². The Morgan fingerprint density at radius 2 is 1.53 bits per heavy atom. The minimum absolute atomic E-state index is 0.225. The van der Waals surface area contributed by atoms with Crippen LogP contribution in [0.15, 0.2) is 10.2 Å². The van der Waals surface area contributed by atoms with Crippen molar-refractivity contribution < 1.29 is 9.53 Å². The van der Waals surface area contributed by atoms with Crippen molar-refractivity contribution in [2.24, 2.45) is 17.8 Å². The molecular formula is C28H53NO2Sn. The number of hydrogen-bond donors (Lipinski definition) is 1. The van der Waals surface area contributed by atoms with Crippen LogP contribution in [0.5, 0.6) is 0 Å². The zero-order valence-electron chi connectivity index (χ0n) is 22.2. The van der Waals surface area contributed by atoms with Gasteiger partial charge in [0.25, 0.3) is 0 Å². The molecule has 3 nitrogen and oxygen atoms in total. The molecule has 2 rings (SSSR count). The van der Waals surface area contributed by atoms with Crippen molar-refractivity contribution in [3.63, 3.8) is 0 Å². The standard InChI is InChI=1S/C16H26NO2.3C4H9.Sn/c1-5-12-13-9-7-6-8-11(13)10-14(12)17-15(18)19-16(2,3)4;3*1-3-4-2;/h1,5,11-14H,6-10H2,2-4H3,(H,17,18);3*1,3-4H2,2H3;/t11-,12?,13+,14?;;;;/m1..../s1. The fourth-order valence-corrected chi connectivity index (χ4v) is 20.7. The van der Waals surface area contributed by atoms with E-state index < -0.39 is 24.0 Å². The van der Waals surface area contributed by atoms with Crippen LogP contribution in [0.2, 0.25) is 13.3 Å². The molecule has 0 saturated heterocycles. The fourth-order valence-electron chi connectivity index (χ4n) is 6.24. The van der Waals surface area contributed by atoms with E-state index in [1.807, 2.05) is 20.8 Å². The molecular weight excluding hydrogens is 501 g/mol. The van der Waals surface area contributed by atoms with Crippen molar-refractivity contribution in [3.8, 4) is 0 Å². The topological polar surface area (TPSA) is 38.3 Å². The van der Waals surface area contributed by atoms with Crippen LogP contribution in [-0.4, -0.2) is 36.1 Å². The number of carbonyl (C=O) groups excluding carboxylic acids is 1. The number of hydrogen-bond acceptors (Lipinski definition) is 2. The third-order valence-corrected chi connectivity index (χ3v) is 22.1. The molecule has 186 valence electrons. The molecule has 2 saturated carbocycles. The summed E-state index contributed by atoms with van der Waals surface area (Å²) in [5.74, 6) is 2.05. The van der Waals surface area contributed by atoms with Gasteiger partial charge < -0.3 is 0 Å². The van der Waals surface area contributed by atoms with Crippen LogP contribution in [0.1, 0.15) is 112 Å². The molecule has 0 aliphatic heterocycles. The third kappa shape index (κ3) is 8.87. The number of nitrogens with one attached hydrogen (secondary N) is 1. The number of ether oxygens (including phenoxy) is 1. The first kappa shape index (κ1) is 28.0. The molecule has 2 unspecified atom stereocenters. The van der Waals surface area contributed by atoms with E-state index in [0.29, 0.717) is 5.92 Å². The summed E-state index contributed by atoms with van der Waals surface area (Å²) in [5.41, 5.74) is -0.438. The van der Waals surface area contributed by atoms with Crippen LogP contribution >= 0.6 is 0 Å². The van der Waals surface area contributed by atoms with Crippen LogP contribution in [0.4, 0.5) is 4.79 Å². The molecule has 0 aromatic heterocycles. The van der Waals surface area contributed by atoms with Gasteiger partial charge in [-0.05, 0) is 0 Å². The predicted molar refractivity (Wildman–Crippen MR) is 141 cm³/mol. The summed E-state index contributed by atoms with van der Waals surface area (Å²) in [4.78, 5) is 12.6. The second-order valence-electron chi connectivity index (χ2n) is 11.8. The van der Waals surface area contributed by atoms with Gasteiger partial charge in [-0.15, -0.1) is 0 Å². The zero-order valence-corrected chi connectivity index (χ0v) is 25.0. The van der Waals surface area contributed by atoms with Crippen molar-refractivity contribution in [2.75, 3.05) is 0 Å². The van der Waals surface area contributed by atoms with E-state index in [1.165, 1.54) is 77.5 Å². The van der Waals surface area contributed by atoms with Crippen molar-refractivity contribution in [1.82, 2.24) is 5.32 Å². The predicted octanol–water partition coefficient (Wildman–Crippen LogP) is 8.65. The Kier molecular flexibility index (Phi) is 12.0. The Balaban J connectivity index is 2.24. The van der Waals surface area contributed by atoms with Gasteiger partial charge in [0.05, 0.1) is 0 Å². The van der Waals surface area contributed by atoms with E-state index in [-0.39, 0.29) is 12.1 Å². The van der Waals surface area contributed by atoms with Gasteiger partial charge in [-0.2, -0.15) is 0 Å². The van der Waals surface area contributed by atoms with Gasteiger partial charge in [0.2, 0.25) is 0 Å². The molecule has 1 N–H and O–H groups in total. The van der Waals surface area contributed by atoms with Gasteiger partial charge >= 0.3 is 204 Å². The average Bonchev–Trinajstić information content (AvgIpc) is 3.08. The molecule has 0 spiro atoms. The van der Waals surface area contributed by atoms with Crippen molar-refractivity contribution in [3.05, 3.63) is 10.2 Å². The monoisotopic (exact) mass is 555 g/mol. The quantitative estimate of drug-likeness (QED) is 0.245. The number of fused-ring (bicyclic) bond motifs is 1. The first-order chi connectivity index (χ1) is 15.2. The van der Waals surface area contributed by atoms with Gasteiger partial charge in [0.15, 0.2) is 0 Å². The van der Waals surface area contributed by atoms with E-state index >= 15 is 0 Å². The molecule has 0 aromatic carbocycles. The molecule has 2 aliphatic rings. The summed E-state index contributed by atoms with van der Waals surface area (Å²) < 4.78 is 13.1. The molecule has 4 heteroatoms. The first-order valence-electron chi connectivity index (χ1n) is 13.9. The molecule has 4 atom stereocenters. The maximum atomic E-state index is 12.6. The fraction of sp³-hybridized carbons (Fsp3) is 0.893. The van der Waals surface area contributed by atoms with Crippen LogP contribution in [0, 0.1) is 17.8 Å². The summed E-state index contributed by atoms with van der Waals surface area (Å²) in [6.45, 7) is 12.9. The van der Waals surface area contributed by atoms with Crippen molar-refractivity contribution in [2.45, 2.75) is 137 Å². The van der Waals surface area contributed by atoms with Crippen LogP contribution in [-0.2, 0) is 4.74 Å². The SMILES string of the molecule is CCC[CH2][Sn](/[CH]=C/C1C(NC(=O)OC(C)(C)C)C[C@H]2CCCC[C@H]12)([CH2]CCC)[CH2]CCC. The molecule has 2 aliphatic carbocycles. The second kappa shape index (κ2) is 13.6. The first-order valence-corrected chi connectivity index (χ1v) is 21.6. The zero-order chi connectivity index (χ0) is 23.6. The number of rotatable bonds is 12. The minimum atomic E-state index is -2.31. The summed E-state index contributed by atoms with van der Waals surface area (Å²) in [5, 5.41) is 3.32. The van der Waals surface area contributed by atoms with Crippen LogP contribution in [0.3, 0.4) is 0 Å². The van der Waals surface area contributed by atoms with Gasteiger partial charge in [-0.25, -0.2) is 0 Å². The molecule has 0 heterocycles. The molecule has 0 radical (unpaired) electrons. The van der Waals surface area contributed by atoms with Gasteiger partial charge in [0.1, 0.15) is 0 Å². The van der Waals surface area contributed by atoms with E-state index in [4.69, 9.17) is 4.74 Å². The maximum absolute atomic E-state index is 12.6. The van der Waals surface area contributed by atoms with E-state index in [9.17, 15) is 4.79 Å². The summed E-state index contributed by atoms with van der Waals surface area (Å²) in [6.07, 6.45) is 17.2. The number of carbonyl (C=O) groups is 1. The third-order valence-electron chi connectivity index (χ3n) is 7.94. The Morgan fingerprint density at radius 3 is 2.06 bits per heavy atom. The van der Waals surface area contributed by atoms with Gasteiger partial charge in [-0.1, -0.05) is 0 Å². The van der Waals surface area contributed by atoms with Gasteiger partial charge in [0, 0.05) is 0 Å². The van der Waals surface area contributed by atoms with Crippen molar-refractivity contribution in [1.29, 1.82) is 0 Å². The summed E-state index contributed by atoms with van der Waals surface area (Å²) in [6, 6.07) is 0.252. The van der Waals surface area contributed by atoms with Crippen molar-refractivity contribution >= 4 is 24.5 Å². The normalized spacial score (nSPS) is 26.3. The Labute approximate surface area is 203 Å². The second-order valence-corrected chi connectivity index (χ2v) is 24.8. The molecule has 2 fully saturated rings. The Morgan fingerprint density at radius 1 is 0.969 bits per heavy atom. The average molecular weight is 554 g/mol. The Bertz CT molecular complexity index is 561.